The van der Waals surface area contributed by atoms with Crippen LogP contribution in [0.1, 0.15) is 5.01 Å². The number of rotatable bonds is 6. The van der Waals surface area contributed by atoms with Crippen molar-refractivity contribution >= 4 is 33.3 Å². The van der Waals surface area contributed by atoms with Gasteiger partial charge in [0.05, 0.1) is 16.0 Å². The number of benzene rings is 2. The van der Waals surface area contributed by atoms with Crippen molar-refractivity contribution in [1.82, 2.24) is 15.2 Å². The van der Waals surface area contributed by atoms with E-state index in [2.05, 4.69) is 19.9 Å². The van der Waals surface area contributed by atoms with Gasteiger partial charge in [0.25, 0.3) is 5.22 Å². The van der Waals surface area contributed by atoms with E-state index in [0.29, 0.717) is 22.4 Å². The van der Waals surface area contributed by atoms with E-state index in [1.54, 1.807) is 23.5 Å². The van der Waals surface area contributed by atoms with E-state index in [1.807, 2.05) is 24.3 Å². The van der Waals surface area contributed by atoms with Crippen LogP contribution in [0, 0.1) is 0 Å². The molecule has 0 amide bonds. The second-order valence-electron chi connectivity index (χ2n) is 5.14. The van der Waals surface area contributed by atoms with Crippen molar-refractivity contribution in [2.24, 2.45) is 0 Å². The van der Waals surface area contributed by atoms with E-state index in [0.717, 1.165) is 15.2 Å². The first-order valence-corrected chi connectivity index (χ1v) is 9.33. The summed E-state index contributed by atoms with van der Waals surface area (Å²) in [5, 5.41) is 9.39. The summed E-state index contributed by atoms with van der Waals surface area (Å²) in [6.07, 6.45) is 0. The van der Waals surface area contributed by atoms with Crippen molar-refractivity contribution in [1.29, 1.82) is 0 Å². The lowest BCUT2D eigenvalue weighted by molar-refractivity contribution is -0.0498. The lowest BCUT2D eigenvalue weighted by Gasteiger charge is -2.03. The van der Waals surface area contributed by atoms with Gasteiger partial charge in [0.2, 0.25) is 5.89 Å². The predicted molar refractivity (Wildman–Crippen MR) is 95.5 cm³/mol. The summed E-state index contributed by atoms with van der Waals surface area (Å²) in [5.41, 5.74) is 1.61. The second-order valence-corrected chi connectivity index (χ2v) is 7.18. The van der Waals surface area contributed by atoms with Gasteiger partial charge >= 0.3 is 6.61 Å². The van der Waals surface area contributed by atoms with Gasteiger partial charge in [0.15, 0.2) is 0 Å². The SMILES string of the molecule is FC(F)Oc1ccc(-c2nnc(SCc3nc4ccccc4s3)o2)cc1. The van der Waals surface area contributed by atoms with Crippen molar-refractivity contribution in [3.63, 3.8) is 0 Å². The Morgan fingerprint density at radius 1 is 1.08 bits per heavy atom. The Labute approximate surface area is 155 Å². The van der Waals surface area contributed by atoms with E-state index in [1.165, 1.54) is 23.9 Å². The lowest BCUT2D eigenvalue weighted by Crippen LogP contribution is -2.01. The number of halogens is 2. The first-order chi connectivity index (χ1) is 12.7. The Kier molecular flexibility index (Phi) is 4.81. The molecule has 0 unspecified atom stereocenters. The number of ether oxygens (including phenoxy) is 1. The van der Waals surface area contributed by atoms with Crippen LogP contribution in [0.2, 0.25) is 0 Å². The van der Waals surface area contributed by atoms with Crippen LogP contribution >= 0.6 is 23.1 Å². The Balaban J connectivity index is 1.42. The summed E-state index contributed by atoms with van der Waals surface area (Å²) in [6, 6.07) is 14.0. The van der Waals surface area contributed by atoms with Crippen LogP contribution in [0.4, 0.5) is 8.78 Å². The fourth-order valence-corrected chi connectivity index (χ4v) is 3.99. The number of para-hydroxylation sites is 1. The Morgan fingerprint density at radius 3 is 2.65 bits per heavy atom. The highest BCUT2D eigenvalue weighted by Crippen LogP contribution is 2.30. The first kappa shape index (κ1) is 16.9. The molecule has 0 saturated carbocycles. The smallest absolute Gasteiger partial charge is 0.387 e. The lowest BCUT2D eigenvalue weighted by atomic mass is 10.2. The zero-order valence-electron chi connectivity index (χ0n) is 13.1. The van der Waals surface area contributed by atoms with Gasteiger partial charge in [0, 0.05) is 5.56 Å². The van der Waals surface area contributed by atoms with Crippen molar-refractivity contribution in [2.75, 3.05) is 0 Å². The van der Waals surface area contributed by atoms with Crippen LogP contribution in [0.5, 0.6) is 5.75 Å². The molecule has 0 aliphatic carbocycles. The molecule has 0 fully saturated rings. The number of hydrogen-bond acceptors (Lipinski definition) is 7. The van der Waals surface area contributed by atoms with Gasteiger partial charge in [-0.05, 0) is 36.4 Å². The van der Waals surface area contributed by atoms with Gasteiger partial charge < -0.3 is 9.15 Å². The summed E-state index contributed by atoms with van der Waals surface area (Å²) in [6.45, 7) is -2.85. The Morgan fingerprint density at radius 2 is 1.88 bits per heavy atom. The van der Waals surface area contributed by atoms with Crippen LogP contribution in [-0.2, 0) is 5.75 Å². The maximum atomic E-state index is 12.2. The zero-order valence-corrected chi connectivity index (χ0v) is 14.8. The molecule has 26 heavy (non-hydrogen) atoms. The van der Waals surface area contributed by atoms with Crippen LogP contribution in [-0.4, -0.2) is 21.8 Å². The number of fused-ring (bicyclic) bond motifs is 1. The third-order valence-electron chi connectivity index (χ3n) is 3.39. The van der Waals surface area contributed by atoms with Gasteiger partial charge in [-0.2, -0.15) is 8.78 Å². The molecule has 2 heterocycles. The minimum Gasteiger partial charge on any atom is -0.435 e. The number of hydrogen-bond donors (Lipinski definition) is 0. The van der Waals surface area contributed by atoms with Gasteiger partial charge in [-0.3, -0.25) is 0 Å². The van der Waals surface area contributed by atoms with Gasteiger partial charge in [-0.1, -0.05) is 23.9 Å². The molecular formula is C17H11F2N3O2S2. The maximum Gasteiger partial charge on any atom is 0.387 e. The highest BCUT2D eigenvalue weighted by molar-refractivity contribution is 7.98. The van der Waals surface area contributed by atoms with Crippen molar-refractivity contribution in [3.05, 3.63) is 53.5 Å². The molecule has 0 aliphatic heterocycles. The molecule has 2 aromatic carbocycles. The summed E-state index contributed by atoms with van der Waals surface area (Å²) < 4.78 is 35.4. The predicted octanol–water partition coefficient (Wildman–Crippen LogP) is 5.24. The van der Waals surface area contributed by atoms with Crippen LogP contribution in [0.3, 0.4) is 0 Å². The molecule has 4 aromatic rings. The number of alkyl halides is 2. The monoisotopic (exact) mass is 391 g/mol. The largest absolute Gasteiger partial charge is 0.435 e. The molecule has 0 aliphatic rings. The third kappa shape index (κ3) is 3.83. The molecule has 0 saturated heterocycles. The van der Waals surface area contributed by atoms with E-state index >= 15 is 0 Å². The average molecular weight is 391 g/mol. The van der Waals surface area contributed by atoms with E-state index in [-0.39, 0.29) is 5.75 Å². The minimum atomic E-state index is -2.85. The molecule has 132 valence electrons. The van der Waals surface area contributed by atoms with Crippen LogP contribution < -0.4 is 4.74 Å². The molecule has 2 aromatic heterocycles. The molecule has 0 bridgehead atoms. The summed E-state index contributed by atoms with van der Waals surface area (Å²) in [4.78, 5) is 4.56. The quantitative estimate of drug-likeness (QED) is 0.419. The molecule has 0 N–H and O–H groups in total. The average Bonchev–Trinajstić information content (AvgIpc) is 3.26. The number of nitrogens with zero attached hydrogens (tertiary/aromatic N) is 3. The molecule has 0 atom stereocenters. The van der Waals surface area contributed by atoms with Gasteiger partial charge in [-0.15, -0.1) is 21.5 Å². The fourth-order valence-electron chi connectivity index (χ4n) is 2.27. The van der Waals surface area contributed by atoms with E-state index < -0.39 is 6.61 Å². The van der Waals surface area contributed by atoms with Gasteiger partial charge in [0.1, 0.15) is 10.8 Å². The minimum absolute atomic E-state index is 0.0775. The molecule has 4 rings (SSSR count). The number of aromatic nitrogens is 3. The topological polar surface area (TPSA) is 61.0 Å². The molecule has 9 heteroatoms. The highest BCUT2D eigenvalue weighted by atomic mass is 32.2. The van der Waals surface area contributed by atoms with Crippen LogP contribution in [0.15, 0.2) is 58.2 Å². The Bertz CT molecular complexity index is 985. The summed E-state index contributed by atoms with van der Waals surface area (Å²) in [5.74, 6) is 1.02. The van der Waals surface area contributed by atoms with Gasteiger partial charge in [-0.25, -0.2) is 4.98 Å². The maximum absolute atomic E-state index is 12.2. The van der Waals surface area contributed by atoms with E-state index in [9.17, 15) is 8.78 Å². The van der Waals surface area contributed by atoms with Crippen LogP contribution in [0.25, 0.3) is 21.7 Å². The van der Waals surface area contributed by atoms with Crippen molar-refractivity contribution in [3.8, 4) is 17.2 Å². The molecular weight excluding hydrogens is 380 g/mol. The molecule has 0 spiro atoms. The summed E-state index contributed by atoms with van der Waals surface area (Å²) in [7, 11) is 0. The fraction of sp³-hybridized carbons (Fsp3) is 0.118. The zero-order chi connectivity index (χ0) is 17.9. The molecule has 0 radical (unpaired) electrons. The van der Waals surface area contributed by atoms with Crippen molar-refractivity contribution in [2.45, 2.75) is 17.6 Å². The first-order valence-electron chi connectivity index (χ1n) is 7.53. The molecule has 5 nitrogen and oxygen atoms in total. The standard InChI is InChI=1S/C17H11F2N3O2S2/c18-16(19)23-11-7-5-10(6-8-11)15-21-22-17(24-15)25-9-14-20-12-3-1-2-4-13(12)26-14/h1-8,16H,9H2. The third-order valence-corrected chi connectivity index (χ3v) is 5.44. The highest BCUT2D eigenvalue weighted by Gasteiger charge is 2.12. The Hall–Kier alpha value is -2.52. The number of thioether (sulfide) groups is 1. The van der Waals surface area contributed by atoms with Crippen molar-refractivity contribution < 1.29 is 17.9 Å². The normalized spacial score (nSPS) is 11.3. The van der Waals surface area contributed by atoms with E-state index in [4.69, 9.17) is 4.42 Å². The summed E-state index contributed by atoms with van der Waals surface area (Å²) >= 11 is 3.03. The number of thiazole rings is 1. The second kappa shape index (κ2) is 7.38.